The SMILES string of the molecule is CNC(=O)c1cc(-n2cnc(C(=O)OC)n2)ccn1. The van der Waals surface area contributed by atoms with Gasteiger partial charge in [0.05, 0.1) is 12.8 Å². The van der Waals surface area contributed by atoms with Crippen molar-refractivity contribution in [3.8, 4) is 5.69 Å². The van der Waals surface area contributed by atoms with E-state index in [-0.39, 0.29) is 17.4 Å². The minimum Gasteiger partial charge on any atom is -0.463 e. The third-order valence-electron chi connectivity index (χ3n) is 2.33. The van der Waals surface area contributed by atoms with E-state index in [9.17, 15) is 9.59 Å². The maximum atomic E-state index is 11.5. The predicted octanol–water partition coefficient (Wildman–Crippen LogP) is -0.192. The number of nitrogens with one attached hydrogen (secondary N) is 1. The first-order valence-corrected chi connectivity index (χ1v) is 5.34. The Balaban J connectivity index is 2.34. The lowest BCUT2D eigenvalue weighted by Crippen LogP contribution is -2.19. The molecule has 0 radical (unpaired) electrons. The van der Waals surface area contributed by atoms with Crippen LogP contribution < -0.4 is 5.32 Å². The molecule has 2 heterocycles. The van der Waals surface area contributed by atoms with Gasteiger partial charge in [-0.15, -0.1) is 5.10 Å². The van der Waals surface area contributed by atoms with Crippen LogP contribution in [0.25, 0.3) is 5.69 Å². The molecule has 2 aromatic heterocycles. The molecule has 0 saturated carbocycles. The van der Waals surface area contributed by atoms with Gasteiger partial charge in [-0.05, 0) is 12.1 Å². The summed E-state index contributed by atoms with van der Waals surface area (Å²) in [6, 6.07) is 3.18. The number of esters is 1. The van der Waals surface area contributed by atoms with E-state index in [1.807, 2.05) is 0 Å². The van der Waals surface area contributed by atoms with E-state index in [0.29, 0.717) is 5.69 Å². The zero-order valence-corrected chi connectivity index (χ0v) is 10.3. The number of hydrogen-bond donors (Lipinski definition) is 1. The summed E-state index contributed by atoms with van der Waals surface area (Å²) in [5.74, 6) is -0.990. The Kier molecular flexibility index (Phi) is 3.51. The van der Waals surface area contributed by atoms with Crippen LogP contribution in [0.15, 0.2) is 24.7 Å². The molecule has 8 heteroatoms. The molecular formula is C11H11N5O3. The zero-order chi connectivity index (χ0) is 13.8. The van der Waals surface area contributed by atoms with Crippen LogP contribution in [0.5, 0.6) is 0 Å². The van der Waals surface area contributed by atoms with Crippen molar-refractivity contribution < 1.29 is 14.3 Å². The lowest BCUT2D eigenvalue weighted by Gasteiger charge is -2.02. The number of carbonyl (C=O) groups excluding carboxylic acids is 2. The molecule has 2 rings (SSSR count). The summed E-state index contributed by atoms with van der Waals surface area (Å²) in [6.07, 6.45) is 2.83. The van der Waals surface area contributed by atoms with Gasteiger partial charge in [0, 0.05) is 13.2 Å². The highest BCUT2D eigenvalue weighted by atomic mass is 16.5. The van der Waals surface area contributed by atoms with Gasteiger partial charge in [0.15, 0.2) is 0 Å². The Labute approximate surface area is 108 Å². The fraction of sp³-hybridized carbons (Fsp3) is 0.182. The number of methoxy groups -OCH3 is 1. The molecule has 0 spiro atoms. The van der Waals surface area contributed by atoms with Gasteiger partial charge in [-0.2, -0.15) is 0 Å². The molecule has 1 amide bonds. The van der Waals surface area contributed by atoms with Gasteiger partial charge in [-0.1, -0.05) is 0 Å². The third-order valence-corrected chi connectivity index (χ3v) is 2.33. The molecule has 0 aliphatic carbocycles. The molecule has 19 heavy (non-hydrogen) atoms. The summed E-state index contributed by atoms with van der Waals surface area (Å²) in [7, 11) is 2.76. The molecule has 8 nitrogen and oxygen atoms in total. The lowest BCUT2D eigenvalue weighted by atomic mass is 10.3. The van der Waals surface area contributed by atoms with Crippen LogP contribution in [-0.2, 0) is 4.74 Å². The van der Waals surface area contributed by atoms with Gasteiger partial charge in [0.25, 0.3) is 11.7 Å². The van der Waals surface area contributed by atoms with Crippen LogP contribution in [0, 0.1) is 0 Å². The number of aromatic nitrogens is 4. The average molecular weight is 261 g/mol. The highest BCUT2D eigenvalue weighted by Gasteiger charge is 2.13. The smallest absolute Gasteiger partial charge is 0.377 e. The van der Waals surface area contributed by atoms with Gasteiger partial charge in [0.2, 0.25) is 0 Å². The van der Waals surface area contributed by atoms with Crippen LogP contribution in [0.1, 0.15) is 21.1 Å². The number of nitrogens with zero attached hydrogens (tertiary/aromatic N) is 4. The summed E-state index contributed by atoms with van der Waals surface area (Å²) in [5, 5.41) is 6.42. The maximum Gasteiger partial charge on any atom is 0.377 e. The fourth-order valence-electron chi connectivity index (χ4n) is 1.39. The second-order valence-corrected chi connectivity index (χ2v) is 3.48. The lowest BCUT2D eigenvalue weighted by molar-refractivity contribution is 0.0586. The van der Waals surface area contributed by atoms with Crippen molar-refractivity contribution in [2.45, 2.75) is 0 Å². The van der Waals surface area contributed by atoms with E-state index in [1.165, 1.54) is 37.4 Å². The van der Waals surface area contributed by atoms with Gasteiger partial charge >= 0.3 is 5.97 Å². The number of pyridine rings is 1. The number of ether oxygens (including phenoxy) is 1. The Morgan fingerprint density at radius 2 is 2.16 bits per heavy atom. The standard InChI is InChI=1S/C11H11N5O3/c1-12-10(17)8-5-7(3-4-13-8)16-6-14-9(15-16)11(18)19-2/h3-6H,1-2H3,(H,12,17). The number of hydrogen-bond acceptors (Lipinski definition) is 6. The monoisotopic (exact) mass is 261 g/mol. The predicted molar refractivity (Wildman–Crippen MR) is 63.9 cm³/mol. The van der Waals surface area contributed by atoms with Gasteiger partial charge in [-0.25, -0.2) is 14.5 Å². The first kappa shape index (κ1) is 12.7. The van der Waals surface area contributed by atoms with Crippen molar-refractivity contribution in [3.05, 3.63) is 36.2 Å². The highest BCUT2D eigenvalue weighted by Crippen LogP contribution is 2.07. The normalized spacial score (nSPS) is 10.0. The average Bonchev–Trinajstić information content (AvgIpc) is 2.95. The van der Waals surface area contributed by atoms with Crippen molar-refractivity contribution in [1.82, 2.24) is 25.1 Å². The third kappa shape index (κ3) is 2.57. The summed E-state index contributed by atoms with van der Waals surface area (Å²) in [4.78, 5) is 30.4. The van der Waals surface area contributed by atoms with Gasteiger partial charge < -0.3 is 10.1 Å². The van der Waals surface area contributed by atoms with Crippen LogP contribution >= 0.6 is 0 Å². The minimum absolute atomic E-state index is 0.0548. The minimum atomic E-state index is -0.626. The summed E-state index contributed by atoms with van der Waals surface area (Å²) in [5.41, 5.74) is 0.811. The van der Waals surface area contributed by atoms with Crippen LogP contribution in [0.3, 0.4) is 0 Å². The van der Waals surface area contributed by atoms with E-state index in [2.05, 4.69) is 25.1 Å². The van der Waals surface area contributed by atoms with E-state index in [4.69, 9.17) is 0 Å². The first-order valence-electron chi connectivity index (χ1n) is 5.34. The molecule has 0 aliphatic rings. The van der Waals surface area contributed by atoms with Crippen molar-refractivity contribution >= 4 is 11.9 Å². The molecule has 0 unspecified atom stereocenters. The number of carbonyl (C=O) groups is 2. The summed E-state index contributed by atoms with van der Waals surface area (Å²) in [6.45, 7) is 0. The van der Waals surface area contributed by atoms with Crippen molar-refractivity contribution in [1.29, 1.82) is 0 Å². The Morgan fingerprint density at radius 1 is 1.37 bits per heavy atom. The molecule has 0 saturated heterocycles. The van der Waals surface area contributed by atoms with Crippen LogP contribution in [0.4, 0.5) is 0 Å². The number of amides is 1. The van der Waals surface area contributed by atoms with Crippen molar-refractivity contribution in [2.75, 3.05) is 14.2 Å². The Hall–Kier alpha value is -2.77. The molecule has 1 N–H and O–H groups in total. The van der Waals surface area contributed by atoms with E-state index in [1.54, 1.807) is 6.07 Å². The topological polar surface area (TPSA) is 99.0 Å². The molecular weight excluding hydrogens is 250 g/mol. The van der Waals surface area contributed by atoms with Crippen LogP contribution in [0.2, 0.25) is 0 Å². The van der Waals surface area contributed by atoms with E-state index in [0.717, 1.165) is 0 Å². The molecule has 98 valence electrons. The maximum absolute atomic E-state index is 11.5. The van der Waals surface area contributed by atoms with Crippen molar-refractivity contribution in [2.24, 2.45) is 0 Å². The molecule has 0 bridgehead atoms. The summed E-state index contributed by atoms with van der Waals surface area (Å²) < 4.78 is 5.87. The summed E-state index contributed by atoms with van der Waals surface area (Å²) >= 11 is 0. The number of rotatable bonds is 3. The first-order chi connectivity index (χ1) is 9.15. The van der Waals surface area contributed by atoms with Gasteiger partial charge in [-0.3, -0.25) is 9.78 Å². The Morgan fingerprint density at radius 3 is 2.84 bits per heavy atom. The van der Waals surface area contributed by atoms with Crippen LogP contribution in [-0.4, -0.2) is 45.8 Å². The molecule has 0 aliphatic heterocycles. The fourth-order valence-corrected chi connectivity index (χ4v) is 1.39. The second-order valence-electron chi connectivity index (χ2n) is 3.48. The highest BCUT2D eigenvalue weighted by molar-refractivity contribution is 5.92. The zero-order valence-electron chi connectivity index (χ0n) is 10.3. The molecule has 0 atom stereocenters. The quantitative estimate of drug-likeness (QED) is 0.769. The second kappa shape index (κ2) is 5.25. The molecule has 0 fully saturated rings. The van der Waals surface area contributed by atoms with Gasteiger partial charge in [0.1, 0.15) is 12.0 Å². The largest absolute Gasteiger partial charge is 0.463 e. The molecule has 2 aromatic rings. The Bertz CT molecular complexity index is 622. The molecule has 0 aromatic carbocycles. The van der Waals surface area contributed by atoms with E-state index >= 15 is 0 Å². The van der Waals surface area contributed by atoms with Crippen molar-refractivity contribution in [3.63, 3.8) is 0 Å². The van der Waals surface area contributed by atoms with E-state index < -0.39 is 5.97 Å².